The van der Waals surface area contributed by atoms with Crippen LogP contribution in [-0.2, 0) is 32.5 Å². The predicted octanol–water partition coefficient (Wildman–Crippen LogP) is 3.69. The second-order valence-electron chi connectivity index (χ2n) is 11.0. The van der Waals surface area contributed by atoms with Gasteiger partial charge in [-0.1, -0.05) is 24.3 Å². The summed E-state index contributed by atoms with van der Waals surface area (Å²) in [6, 6.07) is 19.3. The molecule has 2 aliphatic heterocycles. The molecule has 2 heterocycles. The van der Waals surface area contributed by atoms with Gasteiger partial charge in [-0.3, -0.25) is 14.5 Å². The molecule has 5 rings (SSSR count). The molecule has 4 bridgehead atoms. The van der Waals surface area contributed by atoms with Gasteiger partial charge in [0.05, 0.1) is 30.8 Å². The molecule has 2 amide bonds. The van der Waals surface area contributed by atoms with Crippen LogP contribution in [0, 0.1) is 0 Å². The van der Waals surface area contributed by atoms with Gasteiger partial charge in [-0.15, -0.1) is 0 Å². The first-order valence-corrected chi connectivity index (χ1v) is 16.2. The predicted molar refractivity (Wildman–Crippen MR) is 161 cm³/mol. The van der Waals surface area contributed by atoms with E-state index in [4.69, 9.17) is 14.2 Å². The van der Waals surface area contributed by atoms with Gasteiger partial charge in [0, 0.05) is 50.5 Å². The van der Waals surface area contributed by atoms with E-state index < -0.39 is 9.84 Å². The maximum absolute atomic E-state index is 13.0. The van der Waals surface area contributed by atoms with Gasteiger partial charge in [0.1, 0.15) is 17.2 Å². The highest BCUT2D eigenvalue weighted by molar-refractivity contribution is 7.90. The Balaban J connectivity index is 1.32. The topological polar surface area (TPSA) is 123 Å². The van der Waals surface area contributed by atoms with Crippen molar-refractivity contribution >= 4 is 21.7 Å². The summed E-state index contributed by atoms with van der Waals surface area (Å²) < 4.78 is 41.5. The number of carbonyl (C=O) groups is 2. The number of hydrogen-bond acceptors (Lipinski definition) is 8. The summed E-state index contributed by atoms with van der Waals surface area (Å²) in [6.07, 6.45) is 2.44. The lowest BCUT2D eigenvalue weighted by atomic mass is 10.0. The molecule has 3 aromatic carbocycles. The zero-order valence-electron chi connectivity index (χ0n) is 24.4. The zero-order chi connectivity index (χ0) is 30.4. The van der Waals surface area contributed by atoms with Crippen molar-refractivity contribution in [2.24, 2.45) is 0 Å². The number of fused-ring (bicyclic) bond motifs is 5. The molecule has 43 heavy (non-hydrogen) atoms. The van der Waals surface area contributed by atoms with Crippen LogP contribution in [0.1, 0.15) is 40.7 Å². The number of piperidine rings is 1. The lowest BCUT2D eigenvalue weighted by Gasteiger charge is -2.39. The number of rotatable bonds is 4. The van der Waals surface area contributed by atoms with Gasteiger partial charge < -0.3 is 24.8 Å². The number of carbonyl (C=O) groups excluding carboxylic acids is 2. The van der Waals surface area contributed by atoms with Crippen LogP contribution in [0.15, 0.2) is 71.6 Å². The summed E-state index contributed by atoms with van der Waals surface area (Å²) in [6.45, 7) is 2.65. The molecule has 11 heteroatoms. The van der Waals surface area contributed by atoms with Crippen LogP contribution in [0.5, 0.6) is 17.2 Å². The lowest BCUT2D eigenvalue weighted by molar-refractivity contribution is -0.124. The quantitative estimate of drug-likeness (QED) is 0.461. The first-order valence-electron chi connectivity index (χ1n) is 14.3. The van der Waals surface area contributed by atoms with Crippen molar-refractivity contribution in [2.75, 3.05) is 33.0 Å². The van der Waals surface area contributed by atoms with E-state index in [1.807, 2.05) is 36.4 Å². The van der Waals surface area contributed by atoms with Crippen molar-refractivity contribution in [3.63, 3.8) is 0 Å². The summed E-state index contributed by atoms with van der Waals surface area (Å²) in [5.74, 6) is 1.19. The Kier molecular flexibility index (Phi) is 9.64. The molecule has 3 aromatic rings. The highest BCUT2D eigenvalue weighted by Crippen LogP contribution is 2.29. The van der Waals surface area contributed by atoms with Crippen molar-refractivity contribution in [2.45, 2.75) is 49.5 Å². The van der Waals surface area contributed by atoms with Gasteiger partial charge in [0.15, 0.2) is 9.84 Å². The smallest absolute Gasteiger partial charge is 0.251 e. The molecule has 0 spiro atoms. The normalized spacial score (nSPS) is 20.4. The molecular formula is C32H37N3O7S. The van der Waals surface area contributed by atoms with Crippen molar-refractivity contribution in [3.05, 3.63) is 83.4 Å². The standard InChI is InChI=1S/C32H37N3O7S/c1-40-26-16-24-17-27(18-26)42-25-6-3-5-23(15-25)21-41-30-12-14-35(19-22-8-10-28(11-9-22)43(2,38)39)20-29(30)34-31(36)7-4-13-33-32(24)37/h3,5-6,8-11,15-18,29-30H,4,7,12-14,19-21H2,1-2H3,(H,33,37)(H,34,36)/t29-,30-/m0/s1. The van der Waals surface area contributed by atoms with Gasteiger partial charge in [-0.25, -0.2) is 8.42 Å². The average molecular weight is 608 g/mol. The number of hydrogen-bond donors (Lipinski definition) is 2. The Morgan fingerprint density at radius 2 is 1.84 bits per heavy atom. The van der Waals surface area contributed by atoms with E-state index in [1.165, 1.54) is 13.4 Å². The molecule has 2 N–H and O–H groups in total. The first-order chi connectivity index (χ1) is 20.7. The fourth-order valence-electron chi connectivity index (χ4n) is 5.33. The van der Waals surface area contributed by atoms with E-state index >= 15 is 0 Å². The summed E-state index contributed by atoms with van der Waals surface area (Å²) in [7, 11) is -1.72. The van der Waals surface area contributed by atoms with Gasteiger partial charge >= 0.3 is 0 Å². The summed E-state index contributed by atoms with van der Waals surface area (Å²) >= 11 is 0. The Hall–Kier alpha value is -3.93. The Bertz CT molecular complexity index is 1560. The number of likely N-dealkylation sites (tertiary alicyclic amines) is 1. The van der Waals surface area contributed by atoms with Crippen LogP contribution >= 0.6 is 0 Å². The van der Waals surface area contributed by atoms with E-state index in [9.17, 15) is 18.0 Å². The van der Waals surface area contributed by atoms with Crippen molar-refractivity contribution in [1.82, 2.24) is 15.5 Å². The Labute approximate surface area is 252 Å². The van der Waals surface area contributed by atoms with Crippen LogP contribution < -0.4 is 20.1 Å². The van der Waals surface area contributed by atoms with E-state index in [0.29, 0.717) is 61.9 Å². The fourth-order valence-corrected chi connectivity index (χ4v) is 5.96. The highest BCUT2D eigenvalue weighted by atomic mass is 32.2. The monoisotopic (exact) mass is 607 g/mol. The molecule has 228 valence electrons. The number of methoxy groups -OCH3 is 1. The molecule has 0 aromatic heterocycles. The van der Waals surface area contributed by atoms with Gasteiger partial charge in [0.25, 0.3) is 5.91 Å². The third-order valence-electron chi connectivity index (χ3n) is 7.58. The minimum atomic E-state index is -3.26. The van der Waals surface area contributed by atoms with Gasteiger partial charge in [-0.2, -0.15) is 0 Å². The molecule has 0 saturated carbocycles. The van der Waals surface area contributed by atoms with Crippen LogP contribution in [0.2, 0.25) is 0 Å². The van der Waals surface area contributed by atoms with Crippen molar-refractivity contribution < 1.29 is 32.2 Å². The molecule has 1 saturated heterocycles. The molecular weight excluding hydrogens is 570 g/mol. The Morgan fingerprint density at radius 1 is 1.02 bits per heavy atom. The number of ether oxygens (including phenoxy) is 3. The summed E-state index contributed by atoms with van der Waals surface area (Å²) in [5.41, 5.74) is 2.31. The fraction of sp³-hybridized carbons (Fsp3) is 0.375. The van der Waals surface area contributed by atoms with Crippen LogP contribution in [0.25, 0.3) is 0 Å². The number of sulfone groups is 1. The van der Waals surface area contributed by atoms with Crippen LogP contribution in [-0.4, -0.2) is 70.3 Å². The molecule has 10 nitrogen and oxygen atoms in total. The van der Waals surface area contributed by atoms with Crippen LogP contribution in [0.3, 0.4) is 0 Å². The first kappa shape index (κ1) is 30.5. The second kappa shape index (κ2) is 13.6. The van der Waals surface area contributed by atoms with E-state index in [2.05, 4.69) is 15.5 Å². The van der Waals surface area contributed by atoms with E-state index in [0.717, 1.165) is 17.7 Å². The number of benzene rings is 3. The Morgan fingerprint density at radius 3 is 2.60 bits per heavy atom. The molecule has 0 unspecified atom stereocenters. The van der Waals surface area contributed by atoms with Gasteiger partial charge in [0.2, 0.25) is 5.91 Å². The molecule has 1 fully saturated rings. The SMILES string of the molecule is COc1cc2cc(c1)C(=O)NCCCC(=O)N[C@H]1CN(Cc3ccc(S(C)(=O)=O)cc3)CC[C@@H]1OCc1cccc(c1)O2. The minimum Gasteiger partial charge on any atom is -0.497 e. The minimum absolute atomic E-state index is 0.104. The largest absolute Gasteiger partial charge is 0.497 e. The third-order valence-corrected chi connectivity index (χ3v) is 8.71. The average Bonchev–Trinajstić information content (AvgIpc) is 2.98. The maximum atomic E-state index is 13.0. The summed E-state index contributed by atoms with van der Waals surface area (Å²) in [5, 5.41) is 6.04. The zero-order valence-corrected chi connectivity index (χ0v) is 25.2. The molecule has 2 atom stereocenters. The molecule has 2 aliphatic rings. The number of nitrogens with one attached hydrogen (secondary N) is 2. The maximum Gasteiger partial charge on any atom is 0.251 e. The van der Waals surface area contributed by atoms with E-state index in [1.54, 1.807) is 30.3 Å². The van der Waals surface area contributed by atoms with E-state index in [-0.39, 0.29) is 35.3 Å². The number of amides is 2. The molecule has 0 radical (unpaired) electrons. The van der Waals surface area contributed by atoms with Crippen molar-refractivity contribution in [1.29, 1.82) is 0 Å². The van der Waals surface area contributed by atoms with Crippen molar-refractivity contribution in [3.8, 4) is 17.2 Å². The third kappa shape index (κ3) is 8.34. The second-order valence-corrected chi connectivity index (χ2v) is 13.0. The summed E-state index contributed by atoms with van der Waals surface area (Å²) in [4.78, 5) is 28.4. The number of nitrogens with zero attached hydrogens (tertiary/aromatic N) is 1. The van der Waals surface area contributed by atoms with Crippen LogP contribution in [0.4, 0.5) is 0 Å². The highest BCUT2D eigenvalue weighted by Gasteiger charge is 2.31. The van der Waals surface area contributed by atoms with Gasteiger partial charge in [-0.05, 0) is 60.4 Å². The lowest BCUT2D eigenvalue weighted by Crippen LogP contribution is -2.55. The molecule has 0 aliphatic carbocycles.